The normalized spacial score (nSPS) is 22.1. The number of hydrogen-bond acceptors (Lipinski definition) is 7. The highest BCUT2D eigenvalue weighted by Crippen LogP contribution is 2.40. The van der Waals surface area contributed by atoms with Gasteiger partial charge in [0, 0.05) is 30.9 Å². The Labute approximate surface area is 164 Å². The molecule has 0 spiro atoms. The van der Waals surface area contributed by atoms with E-state index in [2.05, 4.69) is 10.3 Å². The van der Waals surface area contributed by atoms with Crippen LogP contribution in [0, 0.1) is 6.92 Å². The lowest BCUT2D eigenvalue weighted by Crippen LogP contribution is -2.41. The molecule has 1 fully saturated rings. The Morgan fingerprint density at radius 2 is 2.11 bits per heavy atom. The molecule has 11 heteroatoms. The Balaban J connectivity index is 1.74. The summed E-state index contributed by atoms with van der Waals surface area (Å²) in [7, 11) is 0. The minimum Gasteiger partial charge on any atom is -0.395 e. The molecule has 9 nitrogen and oxygen atoms in total. The van der Waals surface area contributed by atoms with Crippen LogP contribution in [-0.4, -0.2) is 59.0 Å². The highest BCUT2D eigenvalue weighted by atomic mass is 32.2. The highest BCUT2D eigenvalue weighted by molar-refractivity contribution is 8.00. The van der Waals surface area contributed by atoms with E-state index in [4.69, 9.17) is 0 Å². The Kier molecular flexibility index (Phi) is 6.68. The van der Waals surface area contributed by atoms with Gasteiger partial charge in [-0.2, -0.15) is 0 Å². The van der Waals surface area contributed by atoms with Gasteiger partial charge in [-0.15, -0.1) is 16.9 Å². The third-order valence-electron chi connectivity index (χ3n) is 4.78. The number of alkyl halides is 1. The molecule has 3 atom stereocenters. The standard InChI is InChI=1S/C17H24FN5O4S/c1-11-8-23(15-7-13(25)14(10-24)28-15)17(27)22(16(11)26)5-2-3-12-9-21(6-4-18)20-19-12/h8-9,13-15,24-25H,2-7,10H2,1H3/t13?,14-,15?/m1/s1/i18-1. The number of hydrogen-bond donors (Lipinski definition) is 2. The van der Waals surface area contributed by atoms with Crippen LogP contribution >= 0.6 is 11.8 Å². The maximum atomic E-state index is 12.9. The lowest BCUT2D eigenvalue weighted by molar-refractivity contribution is 0.137. The topological polar surface area (TPSA) is 115 Å². The van der Waals surface area contributed by atoms with Crippen molar-refractivity contribution in [2.45, 2.75) is 56.0 Å². The molecule has 1 aliphatic rings. The fraction of sp³-hybridized carbons (Fsp3) is 0.647. The molecule has 0 aliphatic carbocycles. The Morgan fingerprint density at radius 3 is 2.79 bits per heavy atom. The molecule has 154 valence electrons. The number of halogens is 1. The van der Waals surface area contributed by atoms with Gasteiger partial charge in [-0.1, -0.05) is 5.21 Å². The summed E-state index contributed by atoms with van der Waals surface area (Å²) in [5.41, 5.74) is 0.343. The van der Waals surface area contributed by atoms with Crippen molar-refractivity contribution in [2.75, 3.05) is 13.3 Å². The van der Waals surface area contributed by atoms with Gasteiger partial charge in [0.25, 0.3) is 5.56 Å². The number of aliphatic hydroxyl groups is 2. The van der Waals surface area contributed by atoms with Gasteiger partial charge in [-0.25, -0.2) is 13.9 Å². The van der Waals surface area contributed by atoms with E-state index in [1.807, 2.05) is 0 Å². The van der Waals surface area contributed by atoms with Gasteiger partial charge >= 0.3 is 5.69 Å². The first-order chi connectivity index (χ1) is 13.4. The largest absolute Gasteiger partial charge is 0.395 e. The zero-order valence-corrected chi connectivity index (χ0v) is 16.4. The average Bonchev–Trinajstić information content (AvgIpc) is 3.27. The van der Waals surface area contributed by atoms with Crippen LogP contribution in [0.1, 0.15) is 29.5 Å². The molecule has 0 aromatic carbocycles. The van der Waals surface area contributed by atoms with Crippen molar-refractivity contribution in [1.29, 1.82) is 0 Å². The molecule has 0 bridgehead atoms. The van der Waals surface area contributed by atoms with Crippen LogP contribution < -0.4 is 11.2 Å². The number of aliphatic hydroxyl groups excluding tert-OH is 2. The molecule has 2 N–H and O–H groups in total. The smallest absolute Gasteiger partial charge is 0.331 e. The second-order valence-electron chi connectivity index (χ2n) is 6.84. The molecule has 3 heterocycles. The summed E-state index contributed by atoms with van der Waals surface area (Å²) in [6, 6.07) is 0. The molecule has 2 unspecified atom stereocenters. The third-order valence-corrected chi connectivity index (χ3v) is 6.32. The van der Waals surface area contributed by atoms with Crippen LogP contribution in [-0.2, 0) is 19.5 Å². The molecule has 0 saturated carbocycles. The zero-order valence-electron chi connectivity index (χ0n) is 15.6. The Hall–Kier alpha value is -1.98. The van der Waals surface area contributed by atoms with Crippen molar-refractivity contribution < 1.29 is 14.6 Å². The van der Waals surface area contributed by atoms with E-state index >= 15 is 0 Å². The first kappa shape index (κ1) is 20.7. The molecular weight excluding hydrogens is 388 g/mol. The van der Waals surface area contributed by atoms with Gasteiger partial charge in [-0.05, 0) is 19.8 Å². The van der Waals surface area contributed by atoms with Crippen molar-refractivity contribution >= 4 is 11.8 Å². The second-order valence-corrected chi connectivity index (χ2v) is 8.26. The predicted molar refractivity (Wildman–Crippen MR) is 102 cm³/mol. The van der Waals surface area contributed by atoms with E-state index in [1.165, 1.54) is 31.8 Å². The van der Waals surface area contributed by atoms with Crippen LogP contribution in [0.4, 0.5) is 4.39 Å². The lowest BCUT2D eigenvalue weighted by atomic mass is 10.2. The van der Waals surface area contributed by atoms with Gasteiger partial charge in [0.1, 0.15) is 6.67 Å². The average molecular weight is 412 g/mol. The number of aromatic nitrogens is 5. The molecular formula is C17H24FN5O4S. The summed E-state index contributed by atoms with van der Waals surface area (Å²) in [4.78, 5) is 25.3. The van der Waals surface area contributed by atoms with Crippen molar-refractivity contribution in [2.24, 2.45) is 0 Å². The SMILES string of the molecule is Cc1cn(C2CC(O)[C@@H](CO)S2)c(=O)n(CCCc2cn(CC[18F])nn2)c1=O. The number of nitrogens with zero attached hydrogens (tertiary/aromatic N) is 5. The quantitative estimate of drug-likeness (QED) is 0.621. The van der Waals surface area contributed by atoms with E-state index in [-0.39, 0.29) is 35.9 Å². The number of rotatable bonds is 8. The predicted octanol–water partition coefficient (Wildman–Crippen LogP) is -0.130. The lowest BCUT2D eigenvalue weighted by Gasteiger charge is -2.16. The first-order valence-electron chi connectivity index (χ1n) is 9.16. The zero-order chi connectivity index (χ0) is 20.3. The fourth-order valence-electron chi connectivity index (χ4n) is 3.28. The van der Waals surface area contributed by atoms with Crippen LogP contribution in [0.2, 0.25) is 0 Å². The van der Waals surface area contributed by atoms with Crippen LogP contribution in [0.25, 0.3) is 0 Å². The number of aryl methyl sites for hydroxylation is 3. The van der Waals surface area contributed by atoms with Gasteiger partial charge in [-0.3, -0.25) is 13.9 Å². The summed E-state index contributed by atoms with van der Waals surface area (Å²) in [6.45, 7) is 1.33. The summed E-state index contributed by atoms with van der Waals surface area (Å²) in [6.07, 6.45) is 3.84. The molecule has 28 heavy (non-hydrogen) atoms. The van der Waals surface area contributed by atoms with E-state index < -0.39 is 18.5 Å². The molecule has 1 aliphatic heterocycles. The highest BCUT2D eigenvalue weighted by Gasteiger charge is 2.35. The molecule has 1 saturated heterocycles. The van der Waals surface area contributed by atoms with Gasteiger partial charge < -0.3 is 10.2 Å². The number of thioether (sulfide) groups is 1. The van der Waals surface area contributed by atoms with Crippen molar-refractivity contribution in [3.05, 3.63) is 44.5 Å². The fourth-order valence-corrected chi connectivity index (χ4v) is 4.65. The first-order valence-corrected chi connectivity index (χ1v) is 10.1. The van der Waals surface area contributed by atoms with E-state index in [0.29, 0.717) is 30.5 Å². The van der Waals surface area contributed by atoms with Gasteiger partial charge in [0.05, 0.1) is 35.6 Å². The van der Waals surface area contributed by atoms with Crippen molar-refractivity contribution in [3.8, 4) is 0 Å². The maximum absolute atomic E-state index is 12.9. The molecule has 3 rings (SSSR count). The van der Waals surface area contributed by atoms with Crippen LogP contribution in [0.3, 0.4) is 0 Å². The summed E-state index contributed by atoms with van der Waals surface area (Å²) >= 11 is 1.33. The Morgan fingerprint density at radius 1 is 1.32 bits per heavy atom. The van der Waals surface area contributed by atoms with E-state index in [9.17, 15) is 24.2 Å². The third kappa shape index (κ3) is 4.36. The molecule has 0 radical (unpaired) electrons. The molecule has 2 aromatic rings. The summed E-state index contributed by atoms with van der Waals surface area (Å²) < 4.78 is 16.4. The van der Waals surface area contributed by atoms with Crippen LogP contribution in [0.15, 0.2) is 22.0 Å². The Bertz CT molecular complexity index is 927. The monoisotopic (exact) mass is 412 g/mol. The van der Waals surface area contributed by atoms with E-state index in [0.717, 1.165) is 0 Å². The van der Waals surface area contributed by atoms with Gasteiger partial charge in [0.15, 0.2) is 0 Å². The van der Waals surface area contributed by atoms with Crippen molar-refractivity contribution in [3.63, 3.8) is 0 Å². The second kappa shape index (κ2) is 9.01. The van der Waals surface area contributed by atoms with Crippen molar-refractivity contribution in [1.82, 2.24) is 24.1 Å². The minimum absolute atomic E-state index is 0.148. The molecule has 0 amide bonds. The van der Waals surface area contributed by atoms with Crippen LogP contribution in [0.5, 0.6) is 0 Å². The van der Waals surface area contributed by atoms with Gasteiger partial charge in [0.2, 0.25) is 0 Å². The minimum atomic E-state index is -0.695. The maximum Gasteiger partial charge on any atom is 0.331 e. The summed E-state index contributed by atoms with van der Waals surface area (Å²) in [5.74, 6) is 0. The summed E-state index contributed by atoms with van der Waals surface area (Å²) in [5, 5.41) is 26.4. The van der Waals surface area contributed by atoms with E-state index in [1.54, 1.807) is 13.1 Å². The molecule has 2 aromatic heterocycles.